The third-order valence-corrected chi connectivity index (χ3v) is 2.77. The number of rotatable bonds is 5. The molecule has 0 amide bonds. The van der Waals surface area contributed by atoms with Crippen LogP contribution in [-0.2, 0) is 17.4 Å². The molecule has 0 radical (unpaired) electrons. The van der Waals surface area contributed by atoms with Crippen LogP contribution in [0.5, 0.6) is 5.75 Å². The van der Waals surface area contributed by atoms with Crippen molar-refractivity contribution in [2.75, 3.05) is 5.33 Å². The second-order valence-electron chi connectivity index (χ2n) is 3.55. The van der Waals surface area contributed by atoms with Crippen molar-refractivity contribution in [3.05, 3.63) is 29.3 Å². The van der Waals surface area contributed by atoms with Gasteiger partial charge in [-0.15, -0.1) is 0 Å². The van der Waals surface area contributed by atoms with Crippen molar-refractivity contribution < 1.29 is 31.5 Å². The predicted octanol–water partition coefficient (Wildman–Crippen LogP) is 3.81. The second kappa shape index (κ2) is 6.31. The van der Waals surface area contributed by atoms with E-state index in [2.05, 4.69) is 20.7 Å². The fraction of sp³-hybridized carbons (Fsp3) is 0.364. The van der Waals surface area contributed by atoms with Crippen LogP contribution in [0.4, 0.5) is 22.0 Å². The summed E-state index contributed by atoms with van der Waals surface area (Å²) in [5.74, 6) is -1.00. The largest absolute Gasteiger partial charge is 0.435 e. The first kappa shape index (κ1) is 15.9. The SMILES string of the molecule is O=C(CBr)Cc1ccc(C(F)(F)F)cc1OC(F)F. The highest BCUT2D eigenvalue weighted by Crippen LogP contribution is 2.33. The zero-order chi connectivity index (χ0) is 14.6. The number of hydrogen-bond acceptors (Lipinski definition) is 2. The zero-order valence-corrected chi connectivity index (χ0v) is 10.9. The lowest BCUT2D eigenvalue weighted by atomic mass is 10.1. The molecule has 0 heterocycles. The van der Waals surface area contributed by atoms with E-state index in [9.17, 15) is 26.7 Å². The number of carbonyl (C=O) groups excluding carboxylic acids is 1. The van der Waals surface area contributed by atoms with Gasteiger partial charge in [-0.25, -0.2) is 0 Å². The molecule has 1 aromatic carbocycles. The van der Waals surface area contributed by atoms with Crippen LogP contribution < -0.4 is 4.74 Å². The molecule has 106 valence electrons. The van der Waals surface area contributed by atoms with Crippen molar-refractivity contribution in [3.63, 3.8) is 0 Å². The summed E-state index contributed by atoms with van der Waals surface area (Å²) in [7, 11) is 0. The third kappa shape index (κ3) is 4.77. The highest BCUT2D eigenvalue weighted by Gasteiger charge is 2.31. The Labute approximate surface area is 113 Å². The minimum atomic E-state index is -4.67. The molecule has 0 aliphatic carbocycles. The summed E-state index contributed by atoms with van der Waals surface area (Å²) in [5, 5.41) is -0.0257. The van der Waals surface area contributed by atoms with Gasteiger partial charge in [0.1, 0.15) is 11.5 Å². The maximum Gasteiger partial charge on any atom is 0.416 e. The van der Waals surface area contributed by atoms with Crippen LogP contribution in [0.2, 0.25) is 0 Å². The van der Waals surface area contributed by atoms with Crippen LogP contribution in [0.15, 0.2) is 18.2 Å². The Bertz CT molecular complexity index is 459. The first-order valence-corrected chi connectivity index (χ1v) is 6.08. The fourth-order valence-corrected chi connectivity index (χ4v) is 1.54. The maximum atomic E-state index is 12.4. The van der Waals surface area contributed by atoms with E-state index in [1.807, 2.05) is 0 Å². The minimum Gasteiger partial charge on any atom is -0.435 e. The molecule has 0 N–H and O–H groups in total. The van der Waals surface area contributed by atoms with E-state index in [1.165, 1.54) is 0 Å². The average Bonchev–Trinajstić information content (AvgIpc) is 2.29. The van der Waals surface area contributed by atoms with Crippen LogP contribution >= 0.6 is 15.9 Å². The van der Waals surface area contributed by atoms with E-state index in [0.29, 0.717) is 6.07 Å². The summed E-state index contributed by atoms with van der Waals surface area (Å²) < 4.78 is 65.7. The summed E-state index contributed by atoms with van der Waals surface area (Å²) in [6.45, 7) is -3.26. The molecule has 0 saturated heterocycles. The van der Waals surface area contributed by atoms with Gasteiger partial charge in [0.2, 0.25) is 0 Å². The molecular weight excluding hydrogens is 339 g/mol. The van der Waals surface area contributed by atoms with Crippen LogP contribution in [0.25, 0.3) is 0 Å². The van der Waals surface area contributed by atoms with Crippen molar-refractivity contribution in [1.29, 1.82) is 0 Å². The number of alkyl halides is 6. The van der Waals surface area contributed by atoms with Crippen molar-refractivity contribution >= 4 is 21.7 Å². The van der Waals surface area contributed by atoms with E-state index < -0.39 is 24.1 Å². The number of ether oxygens (including phenoxy) is 1. The molecular formula is C11H8BrF5O2. The molecule has 1 rings (SSSR count). The molecule has 0 aliphatic rings. The lowest BCUT2D eigenvalue weighted by Crippen LogP contribution is -2.11. The van der Waals surface area contributed by atoms with E-state index in [0.717, 1.165) is 12.1 Å². The van der Waals surface area contributed by atoms with Crippen molar-refractivity contribution in [1.82, 2.24) is 0 Å². The fourth-order valence-electron chi connectivity index (χ4n) is 1.34. The number of carbonyl (C=O) groups is 1. The molecule has 0 atom stereocenters. The molecule has 0 saturated carbocycles. The molecule has 0 aromatic heterocycles. The summed E-state index contributed by atoms with van der Waals surface area (Å²) in [5.41, 5.74) is -1.13. The van der Waals surface area contributed by atoms with Crippen LogP contribution in [0.1, 0.15) is 11.1 Å². The highest BCUT2D eigenvalue weighted by atomic mass is 79.9. The van der Waals surface area contributed by atoms with E-state index >= 15 is 0 Å². The van der Waals surface area contributed by atoms with Gasteiger partial charge in [-0.1, -0.05) is 22.0 Å². The van der Waals surface area contributed by atoms with Gasteiger partial charge in [0, 0.05) is 12.0 Å². The molecule has 1 aromatic rings. The van der Waals surface area contributed by atoms with Crippen LogP contribution in [0.3, 0.4) is 0 Å². The predicted molar refractivity (Wildman–Crippen MR) is 60.6 cm³/mol. The van der Waals surface area contributed by atoms with Gasteiger partial charge in [-0.05, 0) is 12.1 Å². The van der Waals surface area contributed by atoms with Crippen molar-refractivity contribution in [3.8, 4) is 5.75 Å². The standard InChI is InChI=1S/C11H8BrF5O2/c12-5-8(18)3-6-1-2-7(11(15,16)17)4-9(6)19-10(13)14/h1-2,4,10H,3,5H2. The Hall–Kier alpha value is -1.18. The Morgan fingerprint density at radius 2 is 1.95 bits per heavy atom. The summed E-state index contributed by atoms with van der Waals surface area (Å²) >= 11 is 2.88. The van der Waals surface area contributed by atoms with Crippen molar-refractivity contribution in [2.45, 2.75) is 19.2 Å². The number of Topliss-reactive ketones (excluding diaryl/α,β-unsaturated/α-hetero) is 1. The average molecular weight is 347 g/mol. The zero-order valence-electron chi connectivity index (χ0n) is 9.31. The van der Waals surface area contributed by atoms with E-state index in [4.69, 9.17) is 0 Å². The van der Waals surface area contributed by atoms with Gasteiger partial charge >= 0.3 is 12.8 Å². The minimum absolute atomic E-state index is 0.0160. The topological polar surface area (TPSA) is 26.3 Å². The molecule has 0 bridgehead atoms. The van der Waals surface area contributed by atoms with Gasteiger partial charge in [0.15, 0.2) is 0 Å². The normalized spacial score (nSPS) is 11.7. The Balaban J connectivity index is 3.13. The lowest BCUT2D eigenvalue weighted by Gasteiger charge is -2.13. The summed E-state index contributed by atoms with van der Waals surface area (Å²) in [6, 6.07) is 2.14. The van der Waals surface area contributed by atoms with Gasteiger partial charge < -0.3 is 4.74 Å². The number of benzene rings is 1. The second-order valence-corrected chi connectivity index (χ2v) is 4.11. The Morgan fingerprint density at radius 3 is 2.42 bits per heavy atom. The molecule has 0 unspecified atom stereocenters. The third-order valence-electron chi connectivity index (χ3n) is 2.15. The first-order chi connectivity index (χ1) is 8.74. The molecule has 8 heteroatoms. The Kier molecular flexibility index (Phi) is 5.28. The summed E-state index contributed by atoms with van der Waals surface area (Å²) in [4.78, 5) is 11.2. The van der Waals surface area contributed by atoms with Gasteiger partial charge in [-0.3, -0.25) is 4.79 Å². The van der Waals surface area contributed by atoms with E-state index in [-0.39, 0.29) is 23.1 Å². The van der Waals surface area contributed by atoms with Gasteiger partial charge in [0.25, 0.3) is 0 Å². The maximum absolute atomic E-state index is 12.4. The summed E-state index contributed by atoms with van der Waals surface area (Å²) in [6.07, 6.45) is -4.95. The number of ketones is 1. The quantitative estimate of drug-likeness (QED) is 0.598. The van der Waals surface area contributed by atoms with Gasteiger partial charge in [-0.2, -0.15) is 22.0 Å². The molecule has 0 aliphatic heterocycles. The van der Waals surface area contributed by atoms with Gasteiger partial charge in [0.05, 0.1) is 10.9 Å². The molecule has 0 spiro atoms. The van der Waals surface area contributed by atoms with Crippen LogP contribution in [0, 0.1) is 0 Å². The monoisotopic (exact) mass is 346 g/mol. The molecule has 2 nitrogen and oxygen atoms in total. The molecule has 19 heavy (non-hydrogen) atoms. The van der Waals surface area contributed by atoms with Crippen LogP contribution in [-0.4, -0.2) is 17.7 Å². The first-order valence-electron chi connectivity index (χ1n) is 4.96. The highest BCUT2D eigenvalue weighted by molar-refractivity contribution is 9.09. The smallest absolute Gasteiger partial charge is 0.416 e. The molecule has 0 fully saturated rings. The van der Waals surface area contributed by atoms with E-state index in [1.54, 1.807) is 0 Å². The number of halogens is 6. The Morgan fingerprint density at radius 1 is 1.32 bits per heavy atom. The van der Waals surface area contributed by atoms with Crippen molar-refractivity contribution in [2.24, 2.45) is 0 Å². The lowest BCUT2D eigenvalue weighted by molar-refractivity contribution is -0.138. The number of hydrogen-bond donors (Lipinski definition) is 0.